The fourth-order valence-electron chi connectivity index (χ4n) is 3.05. The number of nitrogens with zero attached hydrogens (tertiary/aromatic N) is 3. The predicted octanol–water partition coefficient (Wildman–Crippen LogP) is 3.51. The number of piperazine rings is 1. The third kappa shape index (κ3) is 4.57. The van der Waals surface area contributed by atoms with Gasteiger partial charge in [0.1, 0.15) is 11.6 Å². The first-order valence-electron chi connectivity index (χ1n) is 8.90. The number of aliphatic imine (C=N–C) groups is 2. The Hall–Kier alpha value is -2.40. The van der Waals surface area contributed by atoms with Crippen LogP contribution in [-0.2, 0) is 0 Å². The van der Waals surface area contributed by atoms with E-state index in [0.29, 0.717) is 5.84 Å². The van der Waals surface area contributed by atoms with Crippen molar-refractivity contribution in [1.82, 2.24) is 10.2 Å². The van der Waals surface area contributed by atoms with Gasteiger partial charge in [0, 0.05) is 26.2 Å². The maximum Gasteiger partial charge on any atom is 0.165 e. The minimum Gasteiger partial charge on any atom is -0.508 e. The van der Waals surface area contributed by atoms with Crippen LogP contribution in [0.15, 0.2) is 57.7 Å². The van der Waals surface area contributed by atoms with E-state index in [0.717, 1.165) is 61.7 Å². The van der Waals surface area contributed by atoms with Crippen molar-refractivity contribution >= 4 is 17.4 Å². The fraction of sp³-hybridized carbons (Fsp3) is 0.400. The molecule has 1 saturated heterocycles. The molecule has 1 aromatic rings. The van der Waals surface area contributed by atoms with Crippen LogP contribution < -0.4 is 5.32 Å². The highest BCUT2D eigenvalue weighted by molar-refractivity contribution is 6.09. The molecule has 1 aliphatic heterocycles. The molecule has 0 spiro atoms. The Morgan fingerprint density at radius 2 is 1.92 bits per heavy atom. The average Bonchev–Trinajstić information content (AvgIpc) is 2.62. The van der Waals surface area contributed by atoms with Gasteiger partial charge in [-0.2, -0.15) is 0 Å². The quantitative estimate of drug-likeness (QED) is 0.641. The molecule has 2 N–H and O–H groups in total. The zero-order valence-corrected chi connectivity index (χ0v) is 15.0. The van der Waals surface area contributed by atoms with E-state index in [-0.39, 0.29) is 5.76 Å². The van der Waals surface area contributed by atoms with E-state index in [2.05, 4.69) is 10.2 Å². The second-order valence-corrected chi connectivity index (χ2v) is 6.45. The first-order valence-corrected chi connectivity index (χ1v) is 8.90. The van der Waals surface area contributed by atoms with E-state index in [9.17, 15) is 5.11 Å². The molecule has 132 valence electrons. The van der Waals surface area contributed by atoms with Crippen molar-refractivity contribution < 1.29 is 5.11 Å². The highest BCUT2D eigenvalue weighted by Crippen LogP contribution is 2.22. The van der Waals surface area contributed by atoms with Crippen molar-refractivity contribution in [2.24, 2.45) is 9.98 Å². The molecule has 25 heavy (non-hydrogen) atoms. The molecule has 0 amide bonds. The third-order valence-electron chi connectivity index (χ3n) is 4.45. The summed E-state index contributed by atoms with van der Waals surface area (Å²) in [6.45, 7) is 7.87. The molecule has 1 fully saturated rings. The molecule has 0 radical (unpaired) electrons. The van der Waals surface area contributed by atoms with Crippen LogP contribution in [0.2, 0.25) is 0 Å². The number of aryl methyl sites for hydroxylation is 1. The summed E-state index contributed by atoms with van der Waals surface area (Å²) in [6, 6.07) is 8.03. The van der Waals surface area contributed by atoms with Gasteiger partial charge in [0.25, 0.3) is 0 Å². The van der Waals surface area contributed by atoms with Crippen molar-refractivity contribution in [2.75, 3.05) is 26.2 Å². The molecule has 1 heterocycles. The number of amidine groups is 2. The smallest absolute Gasteiger partial charge is 0.165 e. The van der Waals surface area contributed by atoms with E-state index in [4.69, 9.17) is 9.98 Å². The number of hydrogen-bond donors (Lipinski definition) is 2. The molecule has 2 aliphatic rings. The van der Waals surface area contributed by atoms with Crippen molar-refractivity contribution in [1.29, 1.82) is 0 Å². The summed E-state index contributed by atoms with van der Waals surface area (Å²) in [4.78, 5) is 11.8. The van der Waals surface area contributed by atoms with Gasteiger partial charge in [0.05, 0.1) is 11.3 Å². The molecule has 5 nitrogen and oxygen atoms in total. The third-order valence-corrected chi connectivity index (χ3v) is 4.45. The topological polar surface area (TPSA) is 60.2 Å². The fourth-order valence-corrected chi connectivity index (χ4v) is 3.05. The Kier molecular flexibility index (Phi) is 5.66. The second-order valence-electron chi connectivity index (χ2n) is 6.45. The number of allylic oxidation sites excluding steroid dienone is 2. The van der Waals surface area contributed by atoms with Crippen LogP contribution in [0.1, 0.15) is 25.3 Å². The maximum atomic E-state index is 10.3. The molecule has 1 aromatic carbocycles. The highest BCUT2D eigenvalue weighted by atomic mass is 16.3. The lowest BCUT2D eigenvalue weighted by Crippen LogP contribution is -2.45. The summed E-state index contributed by atoms with van der Waals surface area (Å²) in [6.07, 6.45) is 5.62. The van der Waals surface area contributed by atoms with E-state index in [1.54, 1.807) is 0 Å². The minimum atomic E-state index is 0.273. The Morgan fingerprint density at radius 1 is 1.16 bits per heavy atom. The van der Waals surface area contributed by atoms with Crippen molar-refractivity contribution in [3.05, 3.63) is 53.3 Å². The molecule has 0 saturated carbocycles. The lowest BCUT2D eigenvalue weighted by molar-refractivity contribution is 0.356. The molecule has 3 rings (SSSR count). The first-order chi connectivity index (χ1) is 12.1. The zero-order valence-electron chi connectivity index (χ0n) is 15.0. The molecular weight excluding hydrogens is 312 g/mol. The van der Waals surface area contributed by atoms with Gasteiger partial charge in [-0.3, -0.25) is 0 Å². The van der Waals surface area contributed by atoms with Gasteiger partial charge in [-0.1, -0.05) is 18.2 Å². The van der Waals surface area contributed by atoms with Crippen LogP contribution in [0.25, 0.3) is 0 Å². The van der Waals surface area contributed by atoms with Crippen molar-refractivity contribution in [3.8, 4) is 0 Å². The summed E-state index contributed by atoms with van der Waals surface area (Å²) in [7, 11) is 0. The minimum absolute atomic E-state index is 0.273. The maximum absolute atomic E-state index is 10.3. The summed E-state index contributed by atoms with van der Waals surface area (Å²) in [5.41, 5.74) is 2.73. The SMILES string of the molecule is CC(=NC(=Nc1cccc(C)c1)C1=CCCC=C1O)N1CCNCC1. The van der Waals surface area contributed by atoms with Crippen molar-refractivity contribution in [2.45, 2.75) is 26.7 Å². The second kappa shape index (κ2) is 8.12. The van der Waals surface area contributed by atoms with Crippen LogP contribution >= 0.6 is 0 Å². The first kappa shape index (κ1) is 17.4. The standard InChI is InChI=1S/C20H26N4O/c1-15-6-5-7-17(14-15)23-20(18-8-3-4-9-19(18)25)22-16(2)24-12-10-21-11-13-24/h5-9,14,21,25H,3-4,10-13H2,1-2H3. The van der Waals surface area contributed by atoms with Gasteiger partial charge in [-0.05, 0) is 50.5 Å². The monoisotopic (exact) mass is 338 g/mol. The van der Waals surface area contributed by atoms with E-state index >= 15 is 0 Å². The highest BCUT2D eigenvalue weighted by Gasteiger charge is 2.17. The normalized spacial score (nSPS) is 19.5. The summed E-state index contributed by atoms with van der Waals surface area (Å²) >= 11 is 0. The van der Waals surface area contributed by atoms with Gasteiger partial charge in [0.15, 0.2) is 5.84 Å². The average molecular weight is 338 g/mol. The molecule has 0 atom stereocenters. The molecule has 0 aromatic heterocycles. The largest absolute Gasteiger partial charge is 0.508 e. The molecular formula is C20H26N4O. The van der Waals surface area contributed by atoms with Crippen LogP contribution in [0.5, 0.6) is 0 Å². The lowest BCUT2D eigenvalue weighted by Gasteiger charge is -2.29. The summed E-state index contributed by atoms with van der Waals surface area (Å²) < 4.78 is 0. The van der Waals surface area contributed by atoms with Gasteiger partial charge in [0.2, 0.25) is 0 Å². The Morgan fingerprint density at radius 3 is 2.64 bits per heavy atom. The Labute approximate surface area is 149 Å². The van der Waals surface area contributed by atoms with E-state index in [1.165, 1.54) is 0 Å². The van der Waals surface area contributed by atoms with Crippen LogP contribution in [-0.4, -0.2) is 47.9 Å². The van der Waals surface area contributed by atoms with Crippen LogP contribution in [0, 0.1) is 6.92 Å². The van der Waals surface area contributed by atoms with Gasteiger partial charge >= 0.3 is 0 Å². The van der Waals surface area contributed by atoms with E-state index in [1.807, 2.05) is 50.3 Å². The molecule has 1 aliphatic carbocycles. The number of aliphatic hydroxyl groups excluding tert-OH is 1. The Balaban J connectivity index is 1.97. The number of rotatable bonds is 2. The van der Waals surface area contributed by atoms with E-state index < -0.39 is 0 Å². The van der Waals surface area contributed by atoms with Gasteiger partial charge in [-0.25, -0.2) is 9.98 Å². The molecule has 0 bridgehead atoms. The molecule has 5 heteroatoms. The van der Waals surface area contributed by atoms with Crippen LogP contribution in [0.3, 0.4) is 0 Å². The number of hydrogen-bond acceptors (Lipinski definition) is 3. The van der Waals surface area contributed by atoms with Gasteiger partial charge < -0.3 is 15.3 Å². The van der Waals surface area contributed by atoms with Crippen molar-refractivity contribution in [3.63, 3.8) is 0 Å². The predicted molar refractivity (Wildman–Crippen MR) is 104 cm³/mol. The summed E-state index contributed by atoms with van der Waals surface area (Å²) in [5.74, 6) is 1.79. The number of nitrogens with one attached hydrogen (secondary N) is 1. The Bertz CT molecular complexity index is 740. The summed E-state index contributed by atoms with van der Waals surface area (Å²) in [5, 5.41) is 13.7. The number of benzene rings is 1. The lowest BCUT2D eigenvalue weighted by atomic mass is 10.0. The zero-order chi connectivity index (χ0) is 17.6. The van der Waals surface area contributed by atoms with Crippen LogP contribution in [0.4, 0.5) is 5.69 Å². The number of aliphatic hydroxyl groups is 1. The molecule has 0 unspecified atom stereocenters. The van der Waals surface area contributed by atoms with Gasteiger partial charge in [-0.15, -0.1) is 0 Å².